The van der Waals surface area contributed by atoms with Crippen LogP contribution in [0.2, 0.25) is 0 Å². The molecule has 0 saturated carbocycles. The fourth-order valence-electron chi connectivity index (χ4n) is 2.70. The smallest absolute Gasteiger partial charge is 0.193 e. The van der Waals surface area contributed by atoms with Gasteiger partial charge in [0.05, 0.1) is 0 Å². The predicted octanol–water partition coefficient (Wildman–Crippen LogP) is 2.88. The van der Waals surface area contributed by atoms with Crippen molar-refractivity contribution in [2.75, 3.05) is 24.2 Å². The molecule has 3 rings (SSSR count). The number of nitrogens with zero attached hydrogens (tertiary/aromatic N) is 1. The van der Waals surface area contributed by atoms with Crippen LogP contribution in [-0.4, -0.2) is 19.4 Å². The number of nitrogens with two attached hydrogens (primary N) is 1. The first-order valence-electron chi connectivity index (χ1n) is 6.89. The van der Waals surface area contributed by atoms with E-state index in [1.807, 2.05) is 12.1 Å². The molecule has 2 aromatic carbocycles. The van der Waals surface area contributed by atoms with Gasteiger partial charge in [-0.2, -0.15) is 0 Å². The Morgan fingerprint density at radius 1 is 1.10 bits per heavy atom. The molecule has 0 aliphatic carbocycles. The van der Waals surface area contributed by atoms with Crippen LogP contribution < -0.4 is 10.6 Å². The molecule has 102 valence electrons. The van der Waals surface area contributed by atoms with E-state index in [1.54, 1.807) is 24.3 Å². The Morgan fingerprint density at radius 3 is 2.55 bits per heavy atom. The molecule has 1 aliphatic heterocycles. The van der Waals surface area contributed by atoms with E-state index in [0.717, 1.165) is 18.5 Å². The second kappa shape index (κ2) is 5.00. The SMILES string of the molecule is CN1CCCc2ccc(C(=O)c3ccc(N)cc3)cc21. The van der Waals surface area contributed by atoms with Gasteiger partial charge < -0.3 is 10.6 Å². The summed E-state index contributed by atoms with van der Waals surface area (Å²) >= 11 is 0. The molecule has 0 radical (unpaired) electrons. The van der Waals surface area contributed by atoms with E-state index in [0.29, 0.717) is 11.3 Å². The Morgan fingerprint density at radius 2 is 1.80 bits per heavy atom. The second-order valence-corrected chi connectivity index (χ2v) is 5.32. The van der Waals surface area contributed by atoms with Crippen LogP contribution in [-0.2, 0) is 6.42 Å². The van der Waals surface area contributed by atoms with E-state index < -0.39 is 0 Å². The normalized spacial score (nSPS) is 13.9. The van der Waals surface area contributed by atoms with Crippen molar-refractivity contribution in [2.24, 2.45) is 0 Å². The van der Waals surface area contributed by atoms with Gasteiger partial charge in [0.25, 0.3) is 0 Å². The number of hydrogen-bond donors (Lipinski definition) is 1. The van der Waals surface area contributed by atoms with Crippen LogP contribution in [0.3, 0.4) is 0 Å². The number of rotatable bonds is 2. The maximum atomic E-state index is 12.5. The summed E-state index contributed by atoms with van der Waals surface area (Å²) in [4.78, 5) is 14.7. The van der Waals surface area contributed by atoms with E-state index in [9.17, 15) is 4.79 Å². The van der Waals surface area contributed by atoms with Crippen molar-refractivity contribution in [3.05, 3.63) is 59.2 Å². The third kappa shape index (κ3) is 2.27. The predicted molar refractivity (Wildman–Crippen MR) is 82.3 cm³/mol. The lowest BCUT2D eigenvalue weighted by Gasteiger charge is -2.27. The molecular weight excluding hydrogens is 248 g/mol. The highest BCUT2D eigenvalue weighted by molar-refractivity contribution is 6.09. The van der Waals surface area contributed by atoms with Gasteiger partial charge in [0, 0.05) is 36.1 Å². The van der Waals surface area contributed by atoms with Gasteiger partial charge in [-0.15, -0.1) is 0 Å². The molecule has 0 amide bonds. The molecule has 3 heteroatoms. The zero-order chi connectivity index (χ0) is 14.1. The van der Waals surface area contributed by atoms with Crippen molar-refractivity contribution < 1.29 is 4.79 Å². The number of ketones is 1. The first-order valence-corrected chi connectivity index (χ1v) is 6.89. The fraction of sp³-hybridized carbons (Fsp3) is 0.235. The van der Waals surface area contributed by atoms with Crippen LogP contribution in [0, 0.1) is 0 Å². The summed E-state index contributed by atoms with van der Waals surface area (Å²) in [5.41, 5.74) is 10.3. The highest BCUT2D eigenvalue weighted by atomic mass is 16.1. The summed E-state index contributed by atoms with van der Waals surface area (Å²) in [6.45, 7) is 1.05. The molecule has 1 aliphatic rings. The van der Waals surface area contributed by atoms with E-state index in [2.05, 4.69) is 18.0 Å². The fourth-order valence-corrected chi connectivity index (χ4v) is 2.70. The van der Waals surface area contributed by atoms with Crippen LogP contribution >= 0.6 is 0 Å². The molecule has 0 unspecified atom stereocenters. The van der Waals surface area contributed by atoms with Crippen molar-refractivity contribution in [3.63, 3.8) is 0 Å². The second-order valence-electron chi connectivity index (χ2n) is 5.32. The lowest BCUT2D eigenvalue weighted by Crippen LogP contribution is -2.25. The Kier molecular flexibility index (Phi) is 3.18. The molecule has 0 saturated heterocycles. The van der Waals surface area contributed by atoms with Crippen molar-refractivity contribution in [3.8, 4) is 0 Å². The van der Waals surface area contributed by atoms with Crippen LogP contribution in [0.5, 0.6) is 0 Å². The maximum Gasteiger partial charge on any atom is 0.193 e. The van der Waals surface area contributed by atoms with Crippen LogP contribution in [0.25, 0.3) is 0 Å². The van der Waals surface area contributed by atoms with Gasteiger partial charge in [0.2, 0.25) is 0 Å². The van der Waals surface area contributed by atoms with Crippen molar-refractivity contribution in [1.82, 2.24) is 0 Å². The first-order chi connectivity index (χ1) is 9.65. The van der Waals surface area contributed by atoms with E-state index in [-0.39, 0.29) is 5.78 Å². The highest BCUT2D eigenvalue weighted by Gasteiger charge is 2.16. The Labute approximate surface area is 119 Å². The standard InChI is InChI=1S/C17H18N2O/c1-19-10-2-3-12-4-5-14(11-16(12)19)17(20)13-6-8-15(18)9-7-13/h4-9,11H,2-3,10,18H2,1H3. The minimum Gasteiger partial charge on any atom is -0.399 e. The van der Waals surface area contributed by atoms with Crippen molar-refractivity contribution in [2.45, 2.75) is 12.8 Å². The first kappa shape index (κ1) is 12.7. The molecule has 0 fully saturated rings. The van der Waals surface area contributed by atoms with Gasteiger partial charge in [0.1, 0.15) is 0 Å². The third-order valence-electron chi connectivity index (χ3n) is 3.87. The van der Waals surface area contributed by atoms with Crippen molar-refractivity contribution >= 4 is 17.2 Å². The van der Waals surface area contributed by atoms with Gasteiger partial charge in [-0.25, -0.2) is 0 Å². The number of carbonyl (C=O) groups is 1. The summed E-state index contributed by atoms with van der Waals surface area (Å²) in [7, 11) is 2.08. The van der Waals surface area contributed by atoms with Gasteiger partial charge in [-0.1, -0.05) is 12.1 Å². The monoisotopic (exact) mass is 266 g/mol. The number of hydrogen-bond acceptors (Lipinski definition) is 3. The van der Waals surface area contributed by atoms with Crippen LogP contribution in [0.15, 0.2) is 42.5 Å². The number of anilines is 2. The molecule has 20 heavy (non-hydrogen) atoms. The quantitative estimate of drug-likeness (QED) is 0.671. The lowest BCUT2D eigenvalue weighted by molar-refractivity contribution is 0.103. The van der Waals surface area contributed by atoms with E-state index in [1.165, 1.54) is 17.7 Å². The van der Waals surface area contributed by atoms with Gasteiger partial charge in [-0.05, 0) is 48.7 Å². The number of fused-ring (bicyclic) bond motifs is 1. The molecule has 3 nitrogen and oxygen atoms in total. The molecule has 2 aromatic rings. The Hall–Kier alpha value is -2.29. The summed E-state index contributed by atoms with van der Waals surface area (Å²) < 4.78 is 0. The summed E-state index contributed by atoms with van der Waals surface area (Å²) in [5.74, 6) is 0.0479. The third-order valence-corrected chi connectivity index (χ3v) is 3.87. The summed E-state index contributed by atoms with van der Waals surface area (Å²) in [5, 5.41) is 0. The minimum atomic E-state index is 0.0479. The molecule has 0 bridgehead atoms. The maximum absolute atomic E-state index is 12.5. The van der Waals surface area contributed by atoms with Gasteiger partial charge in [-0.3, -0.25) is 4.79 Å². The number of carbonyl (C=O) groups excluding carboxylic acids is 1. The van der Waals surface area contributed by atoms with Gasteiger partial charge >= 0.3 is 0 Å². The summed E-state index contributed by atoms with van der Waals surface area (Å²) in [6.07, 6.45) is 2.27. The Balaban J connectivity index is 1.96. The minimum absolute atomic E-state index is 0.0479. The number of nitrogen functional groups attached to an aromatic ring is 1. The average molecular weight is 266 g/mol. The average Bonchev–Trinajstić information content (AvgIpc) is 2.47. The molecule has 2 N–H and O–H groups in total. The van der Waals surface area contributed by atoms with E-state index >= 15 is 0 Å². The molecule has 1 heterocycles. The summed E-state index contributed by atoms with van der Waals surface area (Å²) in [6, 6.07) is 13.1. The zero-order valence-electron chi connectivity index (χ0n) is 11.6. The molecule has 0 atom stereocenters. The topological polar surface area (TPSA) is 46.3 Å². The molecule has 0 aromatic heterocycles. The Bertz CT molecular complexity index is 647. The lowest BCUT2D eigenvalue weighted by atomic mass is 9.96. The van der Waals surface area contributed by atoms with Crippen LogP contribution in [0.1, 0.15) is 27.9 Å². The zero-order valence-corrected chi connectivity index (χ0v) is 11.6. The molecule has 0 spiro atoms. The molecular formula is C17H18N2O. The largest absolute Gasteiger partial charge is 0.399 e. The van der Waals surface area contributed by atoms with Gasteiger partial charge in [0.15, 0.2) is 5.78 Å². The van der Waals surface area contributed by atoms with Crippen LogP contribution in [0.4, 0.5) is 11.4 Å². The highest BCUT2D eigenvalue weighted by Crippen LogP contribution is 2.27. The number of aryl methyl sites for hydroxylation is 1. The number of benzene rings is 2. The van der Waals surface area contributed by atoms with E-state index in [4.69, 9.17) is 5.73 Å². The van der Waals surface area contributed by atoms with Crippen molar-refractivity contribution in [1.29, 1.82) is 0 Å².